The molecule has 0 spiro atoms. The number of fused-ring (bicyclic) bond motifs is 1. The Labute approximate surface area is 145 Å². The van der Waals surface area contributed by atoms with Crippen LogP contribution in [0.1, 0.15) is 37.9 Å². The topological polar surface area (TPSA) is 71.8 Å². The van der Waals surface area contributed by atoms with Gasteiger partial charge < -0.3 is 19.4 Å². The number of amides is 2. The Balaban J connectivity index is 1.30. The third kappa shape index (κ3) is 3.17. The van der Waals surface area contributed by atoms with E-state index in [1.165, 1.54) is 0 Å². The van der Waals surface area contributed by atoms with Crippen LogP contribution >= 0.6 is 0 Å². The Morgan fingerprint density at radius 2 is 2.24 bits per heavy atom. The molecule has 1 aliphatic carbocycles. The first-order chi connectivity index (χ1) is 12.0. The van der Waals surface area contributed by atoms with E-state index in [-0.39, 0.29) is 17.9 Å². The molecule has 0 unspecified atom stereocenters. The number of nitrogens with zero attached hydrogens (tertiary/aromatic N) is 1. The van der Waals surface area contributed by atoms with Gasteiger partial charge in [0.25, 0.3) is 5.91 Å². The largest absolute Gasteiger partial charge is 0.467 e. The van der Waals surface area contributed by atoms with E-state index >= 15 is 0 Å². The second kappa shape index (κ2) is 6.44. The highest BCUT2D eigenvalue weighted by molar-refractivity contribution is 5.86. The Kier molecular flexibility index (Phi) is 4.27. The number of rotatable bonds is 4. The van der Waals surface area contributed by atoms with Crippen molar-refractivity contribution in [2.75, 3.05) is 13.1 Å². The summed E-state index contributed by atoms with van der Waals surface area (Å²) in [5.41, 5.74) is -1.66. The van der Waals surface area contributed by atoms with Gasteiger partial charge in [0.1, 0.15) is 11.9 Å². The number of furan rings is 1. The van der Waals surface area contributed by atoms with E-state index in [4.69, 9.17) is 9.15 Å². The first kappa shape index (κ1) is 16.6. The lowest BCUT2D eigenvalue weighted by Crippen LogP contribution is -2.55. The summed E-state index contributed by atoms with van der Waals surface area (Å²) in [5.74, 6) is 0.380. The molecule has 2 amide bonds. The second-order valence-corrected chi connectivity index (χ2v) is 7.31. The van der Waals surface area contributed by atoms with Gasteiger partial charge in [0.15, 0.2) is 5.67 Å². The van der Waals surface area contributed by atoms with Gasteiger partial charge in [0.2, 0.25) is 5.91 Å². The van der Waals surface area contributed by atoms with E-state index in [1.807, 2.05) is 0 Å². The number of nitrogens with one attached hydrogen (secondary N) is 1. The lowest BCUT2D eigenvalue weighted by atomic mass is 9.80. The molecule has 0 radical (unpaired) electrons. The van der Waals surface area contributed by atoms with Crippen molar-refractivity contribution in [2.45, 2.75) is 56.5 Å². The molecule has 25 heavy (non-hydrogen) atoms. The van der Waals surface area contributed by atoms with Crippen LogP contribution in [0.5, 0.6) is 0 Å². The molecule has 1 aromatic rings. The summed E-state index contributed by atoms with van der Waals surface area (Å²) in [4.78, 5) is 26.2. The normalized spacial score (nSPS) is 30.4. The van der Waals surface area contributed by atoms with Crippen LogP contribution in [0.25, 0.3) is 0 Å². The number of hydrogen-bond donors (Lipinski definition) is 1. The average Bonchev–Trinajstić information content (AvgIpc) is 3.25. The number of carbonyl (C=O) groups excluding carboxylic acids is 2. The number of hydrogen-bond acceptors (Lipinski definition) is 4. The Morgan fingerprint density at radius 1 is 1.40 bits per heavy atom. The van der Waals surface area contributed by atoms with Crippen molar-refractivity contribution in [3.05, 3.63) is 24.2 Å². The second-order valence-electron chi connectivity index (χ2n) is 7.31. The Hall–Kier alpha value is -1.89. The van der Waals surface area contributed by atoms with Gasteiger partial charge in [-0.1, -0.05) is 0 Å². The molecule has 1 saturated carbocycles. The molecule has 3 atom stereocenters. The summed E-state index contributed by atoms with van der Waals surface area (Å²) in [7, 11) is 0. The van der Waals surface area contributed by atoms with Gasteiger partial charge in [-0.05, 0) is 50.2 Å². The molecule has 2 saturated heterocycles. The van der Waals surface area contributed by atoms with Crippen molar-refractivity contribution in [2.24, 2.45) is 5.92 Å². The molecule has 1 N–H and O–H groups in total. The van der Waals surface area contributed by atoms with Crippen molar-refractivity contribution in [1.82, 2.24) is 10.2 Å². The van der Waals surface area contributed by atoms with E-state index in [9.17, 15) is 14.0 Å². The van der Waals surface area contributed by atoms with Crippen molar-refractivity contribution < 1.29 is 23.1 Å². The molecule has 3 heterocycles. The molecule has 3 fully saturated rings. The summed E-state index contributed by atoms with van der Waals surface area (Å²) >= 11 is 0. The Morgan fingerprint density at radius 3 is 2.92 bits per heavy atom. The number of ether oxygens (including phenoxy) is 1. The molecule has 2 aliphatic heterocycles. The maximum atomic E-state index is 14.4. The zero-order chi connectivity index (χ0) is 17.4. The van der Waals surface area contributed by atoms with E-state index in [0.717, 1.165) is 12.8 Å². The van der Waals surface area contributed by atoms with Gasteiger partial charge >= 0.3 is 0 Å². The molecule has 7 heteroatoms. The third-order valence-corrected chi connectivity index (χ3v) is 5.68. The van der Waals surface area contributed by atoms with Crippen LogP contribution in [0.15, 0.2) is 22.8 Å². The van der Waals surface area contributed by atoms with Crippen LogP contribution in [-0.2, 0) is 20.9 Å². The van der Waals surface area contributed by atoms with Crippen LogP contribution in [0.4, 0.5) is 4.39 Å². The molecule has 1 aromatic heterocycles. The minimum Gasteiger partial charge on any atom is -0.467 e. The smallest absolute Gasteiger partial charge is 0.260 e. The van der Waals surface area contributed by atoms with Crippen LogP contribution in [0, 0.1) is 5.92 Å². The molecule has 136 valence electrons. The molecule has 0 aromatic carbocycles. The van der Waals surface area contributed by atoms with E-state index in [2.05, 4.69) is 5.32 Å². The zero-order valence-corrected chi connectivity index (χ0v) is 14.1. The van der Waals surface area contributed by atoms with Crippen LogP contribution < -0.4 is 5.32 Å². The molecule has 0 bridgehead atoms. The number of halogens is 1. The number of carbonyl (C=O) groups is 2. The number of piperidine rings is 1. The van der Waals surface area contributed by atoms with Gasteiger partial charge in [-0.3, -0.25) is 9.59 Å². The summed E-state index contributed by atoms with van der Waals surface area (Å²) in [6.45, 7) is 1.27. The minimum atomic E-state index is -1.66. The SMILES string of the molecule is O=C(NCc1ccco1)[C@@H]1C[C@H]2CCN(C(=O)C3(F)CCC3)C[C@@H]2O1. The molecule has 3 aliphatic rings. The van der Waals surface area contributed by atoms with Crippen molar-refractivity contribution in [3.8, 4) is 0 Å². The van der Waals surface area contributed by atoms with Crippen LogP contribution in [0.2, 0.25) is 0 Å². The van der Waals surface area contributed by atoms with Gasteiger partial charge in [-0.25, -0.2) is 4.39 Å². The monoisotopic (exact) mass is 350 g/mol. The molecule has 4 rings (SSSR count). The van der Waals surface area contributed by atoms with Crippen LogP contribution in [-0.4, -0.2) is 47.7 Å². The fraction of sp³-hybridized carbons (Fsp3) is 0.667. The first-order valence-electron chi connectivity index (χ1n) is 8.99. The van der Waals surface area contributed by atoms with E-state index < -0.39 is 17.7 Å². The summed E-state index contributed by atoms with van der Waals surface area (Å²) in [6.07, 6.45) is 3.71. The first-order valence-corrected chi connectivity index (χ1v) is 8.99. The molecular weight excluding hydrogens is 327 g/mol. The minimum absolute atomic E-state index is 0.162. The average molecular weight is 350 g/mol. The predicted molar refractivity (Wildman–Crippen MR) is 86.2 cm³/mol. The summed E-state index contributed by atoms with van der Waals surface area (Å²) in [5, 5.41) is 2.81. The van der Waals surface area contributed by atoms with Crippen molar-refractivity contribution in [3.63, 3.8) is 0 Å². The van der Waals surface area contributed by atoms with Gasteiger partial charge in [0.05, 0.1) is 18.9 Å². The fourth-order valence-electron chi connectivity index (χ4n) is 3.97. The molecular formula is C18H23FN2O4. The fourth-order valence-corrected chi connectivity index (χ4v) is 3.97. The Bertz CT molecular complexity index is 644. The maximum Gasteiger partial charge on any atom is 0.260 e. The lowest BCUT2D eigenvalue weighted by molar-refractivity contribution is -0.154. The highest BCUT2D eigenvalue weighted by atomic mass is 19.1. The maximum absolute atomic E-state index is 14.4. The van der Waals surface area contributed by atoms with E-state index in [0.29, 0.717) is 44.7 Å². The zero-order valence-electron chi connectivity index (χ0n) is 14.1. The van der Waals surface area contributed by atoms with Crippen molar-refractivity contribution >= 4 is 11.8 Å². The van der Waals surface area contributed by atoms with Crippen LogP contribution in [0.3, 0.4) is 0 Å². The summed E-state index contributed by atoms with van der Waals surface area (Å²) < 4.78 is 25.4. The highest BCUT2D eigenvalue weighted by Crippen LogP contribution is 2.40. The van der Waals surface area contributed by atoms with Crippen molar-refractivity contribution in [1.29, 1.82) is 0 Å². The van der Waals surface area contributed by atoms with Gasteiger partial charge in [-0.2, -0.15) is 0 Å². The molecule has 6 nitrogen and oxygen atoms in total. The quantitative estimate of drug-likeness (QED) is 0.899. The highest BCUT2D eigenvalue weighted by Gasteiger charge is 2.50. The van der Waals surface area contributed by atoms with Gasteiger partial charge in [-0.15, -0.1) is 0 Å². The third-order valence-electron chi connectivity index (χ3n) is 5.68. The lowest BCUT2D eigenvalue weighted by Gasteiger charge is -2.41. The standard InChI is InChI=1S/C18H23FN2O4/c19-18(5-2-6-18)17(23)21-7-4-12-9-14(25-15(12)11-21)16(22)20-10-13-3-1-8-24-13/h1,3,8,12,14-15H,2,4-7,9-11H2,(H,20,22)/t12-,14+,15+/m1/s1. The number of alkyl halides is 1. The predicted octanol–water partition coefficient (Wildman–Crippen LogP) is 1.79. The van der Waals surface area contributed by atoms with Gasteiger partial charge in [0, 0.05) is 13.1 Å². The van der Waals surface area contributed by atoms with E-state index in [1.54, 1.807) is 23.3 Å². The number of likely N-dealkylation sites (tertiary alicyclic amines) is 1. The summed E-state index contributed by atoms with van der Waals surface area (Å²) in [6, 6.07) is 3.57.